The Balaban J connectivity index is 1.67. The van der Waals surface area contributed by atoms with E-state index in [4.69, 9.17) is 0 Å². The minimum atomic E-state index is -3.84. The van der Waals surface area contributed by atoms with Gasteiger partial charge in [0.1, 0.15) is 11.6 Å². The van der Waals surface area contributed by atoms with Crippen LogP contribution >= 0.6 is 15.9 Å². The number of sulfonamides is 1. The standard InChI is InChI=1S/C21H17BrF2N2O3S/c22-20-8-7-17(24)11-19(20)21(27)25-12-15-4-2-6-18(10-15)30(28,29)26-13-14-3-1-5-16(23)9-14/h1-11,26H,12-13H2,(H,25,27). The van der Waals surface area contributed by atoms with Crippen LogP contribution in [0.2, 0.25) is 0 Å². The molecule has 30 heavy (non-hydrogen) atoms. The van der Waals surface area contributed by atoms with Crippen LogP contribution in [0.25, 0.3) is 0 Å². The third kappa shape index (κ3) is 5.71. The van der Waals surface area contributed by atoms with Crippen molar-refractivity contribution in [3.63, 3.8) is 0 Å². The first-order valence-corrected chi connectivity index (χ1v) is 11.1. The summed E-state index contributed by atoms with van der Waals surface area (Å²) in [6, 6.07) is 15.5. The third-order valence-electron chi connectivity index (χ3n) is 4.19. The van der Waals surface area contributed by atoms with Crippen LogP contribution in [-0.4, -0.2) is 14.3 Å². The van der Waals surface area contributed by atoms with Crippen molar-refractivity contribution in [3.05, 3.63) is 99.5 Å². The largest absolute Gasteiger partial charge is 0.348 e. The zero-order valence-corrected chi connectivity index (χ0v) is 17.9. The van der Waals surface area contributed by atoms with E-state index in [-0.39, 0.29) is 23.5 Å². The van der Waals surface area contributed by atoms with Gasteiger partial charge < -0.3 is 5.32 Å². The van der Waals surface area contributed by atoms with Gasteiger partial charge in [-0.05, 0) is 69.5 Å². The molecule has 3 aromatic rings. The number of hydrogen-bond acceptors (Lipinski definition) is 3. The Kier molecular flexibility index (Phi) is 6.96. The summed E-state index contributed by atoms with van der Waals surface area (Å²) in [7, 11) is -3.84. The van der Waals surface area contributed by atoms with Crippen molar-refractivity contribution in [1.29, 1.82) is 0 Å². The van der Waals surface area contributed by atoms with Gasteiger partial charge in [0.15, 0.2) is 0 Å². The molecule has 0 saturated carbocycles. The van der Waals surface area contributed by atoms with Crippen molar-refractivity contribution < 1.29 is 22.0 Å². The molecule has 0 saturated heterocycles. The van der Waals surface area contributed by atoms with E-state index in [1.165, 1.54) is 42.5 Å². The van der Waals surface area contributed by atoms with E-state index < -0.39 is 27.6 Å². The highest BCUT2D eigenvalue weighted by molar-refractivity contribution is 9.10. The molecule has 0 radical (unpaired) electrons. The topological polar surface area (TPSA) is 75.3 Å². The van der Waals surface area contributed by atoms with Crippen LogP contribution in [0.5, 0.6) is 0 Å². The number of carbonyl (C=O) groups is 1. The Morgan fingerprint density at radius 1 is 0.867 bits per heavy atom. The molecule has 3 aromatic carbocycles. The predicted octanol–water partition coefficient (Wildman–Crippen LogP) is 4.14. The van der Waals surface area contributed by atoms with E-state index in [1.807, 2.05) is 0 Å². The third-order valence-corrected chi connectivity index (χ3v) is 6.28. The quantitative estimate of drug-likeness (QED) is 0.518. The van der Waals surface area contributed by atoms with Gasteiger partial charge in [0.05, 0.1) is 10.5 Å². The zero-order chi connectivity index (χ0) is 21.7. The van der Waals surface area contributed by atoms with Gasteiger partial charge in [-0.3, -0.25) is 4.79 Å². The summed E-state index contributed by atoms with van der Waals surface area (Å²) in [4.78, 5) is 12.3. The number of carbonyl (C=O) groups excluding carboxylic acids is 1. The number of amides is 1. The maximum absolute atomic E-state index is 13.4. The number of halogens is 3. The van der Waals surface area contributed by atoms with Crippen molar-refractivity contribution in [3.8, 4) is 0 Å². The highest BCUT2D eigenvalue weighted by atomic mass is 79.9. The first-order valence-electron chi connectivity index (χ1n) is 8.81. The molecule has 0 heterocycles. The summed E-state index contributed by atoms with van der Waals surface area (Å²) in [6.45, 7) is -0.0102. The van der Waals surface area contributed by atoms with Gasteiger partial charge in [-0.2, -0.15) is 0 Å². The molecule has 0 fully saturated rings. The minimum Gasteiger partial charge on any atom is -0.348 e. The Bertz CT molecular complexity index is 1190. The number of benzene rings is 3. The van der Waals surface area contributed by atoms with Gasteiger partial charge in [-0.25, -0.2) is 21.9 Å². The summed E-state index contributed by atoms with van der Waals surface area (Å²) in [5, 5.41) is 2.63. The molecular formula is C21H17BrF2N2O3S. The van der Waals surface area contributed by atoms with Crippen LogP contribution in [0.4, 0.5) is 8.78 Å². The molecule has 0 bridgehead atoms. The van der Waals surface area contributed by atoms with Crippen molar-refractivity contribution in [1.82, 2.24) is 10.0 Å². The fraction of sp³-hybridized carbons (Fsp3) is 0.0952. The maximum atomic E-state index is 13.4. The molecule has 9 heteroatoms. The molecule has 0 aliphatic carbocycles. The van der Waals surface area contributed by atoms with E-state index in [1.54, 1.807) is 18.2 Å². The van der Waals surface area contributed by atoms with Crippen LogP contribution in [0.3, 0.4) is 0 Å². The van der Waals surface area contributed by atoms with Crippen molar-refractivity contribution >= 4 is 31.9 Å². The molecule has 3 rings (SSSR count). The Morgan fingerprint density at radius 2 is 1.53 bits per heavy atom. The Morgan fingerprint density at radius 3 is 2.27 bits per heavy atom. The van der Waals surface area contributed by atoms with E-state index in [2.05, 4.69) is 26.0 Å². The molecule has 0 aliphatic heterocycles. The average Bonchev–Trinajstić information content (AvgIpc) is 2.72. The molecule has 156 valence electrons. The molecule has 0 atom stereocenters. The van der Waals surface area contributed by atoms with Crippen LogP contribution in [-0.2, 0) is 23.1 Å². The van der Waals surface area contributed by atoms with Gasteiger partial charge in [0.2, 0.25) is 10.0 Å². The van der Waals surface area contributed by atoms with Gasteiger partial charge in [0.25, 0.3) is 5.91 Å². The van der Waals surface area contributed by atoms with Crippen LogP contribution in [0, 0.1) is 11.6 Å². The molecule has 2 N–H and O–H groups in total. The highest BCUT2D eigenvalue weighted by Crippen LogP contribution is 2.18. The number of rotatable bonds is 7. The molecule has 0 aliphatic rings. The molecule has 0 spiro atoms. The van der Waals surface area contributed by atoms with Crippen LogP contribution in [0.1, 0.15) is 21.5 Å². The molecule has 5 nitrogen and oxygen atoms in total. The Labute approximate surface area is 181 Å². The van der Waals surface area contributed by atoms with Gasteiger partial charge in [-0.1, -0.05) is 24.3 Å². The van der Waals surface area contributed by atoms with E-state index >= 15 is 0 Å². The van der Waals surface area contributed by atoms with E-state index in [0.29, 0.717) is 15.6 Å². The lowest BCUT2D eigenvalue weighted by atomic mass is 10.2. The summed E-state index contributed by atoms with van der Waals surface area (Å²) in [6.07, 6.45) is 0. The molecule has 1 amide bonds. The fourth-order valence-electron chi connectivity index (χ4n) is 2.68. The second-order valence-corrected chi connectivity index (χ2v) is 9.03. The van der Waals surface area contributed by atoms with Crippen LogP contribution in [0.15, 0.2) is 76.1 Å². The highest BCUT2D eigenvalue weighted by Gasteiger charge is 2.15. The van der Waals surface area contributed by atoms with Crippen molar-refractivity contribution in [2.75, 3.05) is 0 Å². The lowest BCUT2D eigenvalue weighted by Crippen LogP contribution is -2.25. The first kappa shape index (κ1) is 22.1. The second-order valence-electron chi connectivity index (χ2n) is 6.41. The molecule has 0 unspecified atom stereocenters. The normalized spacial score (nSPS) is 11.3. The van der Waals surface area contributed by atoms with Gasteiger partial charge in [0, 0.05) is 17.6 Å². The van der Waals surface area contributed by atoms with E-state index in [9.17, 15) is 22.0 Å². The minimum absolute atomic E-state index is 0.0117. The van der Waals surface area contributed by atoms with Gasteiger partial charge in [-0.15, -0.1) is 0 Å². The maximum Gasteiger partial charge on any atom is 0.252 e. The summed E-state index contributed by atoms with van der Waals surface area (Å²) in [5.41, 5.74) is 1.17. The number of nitrogens with one attached hydrogen (secondary N) is 2. The Hall–Kier alpha value is -2.62. The molecule has 0 aromatic heterocycles. The second kappa shape index (κ2) is 9.46. The summed E-state index contributed by atoms with van der Waals surface area (Å²) < 4.78 is 54.6. The first-order chi connectivity index (χ1) is 14.2. The smallest absolute Gasteiger partial charge is 0.252 e. The monoisotopic (exact) mass is 494 g/mol. The SMILES string of the molecule is O=C(NCc1cccc(S(=O)(=O)NCc2cccc(F)c2)c1)c1cc(F)ccc1Br. The zero-order valence-electron chi connectivity index (χ0n) is 15.5. The summed E-state index contributed by atoms with van der Waals surface area (Å²) in [5.74, 6) is -1.49. The molecular weight excluding hydrogens is 478 g/mol. The predicted molar refractivity (Wildman–Crippen MR) is 112 cm³/mol. The fourth-order valence-corrected chi connectivity index (χ4v) is 4.19. The lowest BCUT2D eigenvalue weighted by molar-refractivity contribution is 0.0949. The average molecular weight is 495 g/mol. The summed E-state index contributed by atoms with van der Waals surface area (Å²) >= 11 is 3.20. The van der Waals surface area contributed by atoms with Crippen LogP contribution < -0.4 is 10.0 Å². The lowest BCUT2D eigenvalue weighted by Gasteiger charge is -2.10. The number of hydrogen-bond donors (Lipinski definition) is 2. The van der Waals surface area contributed by atoms with Crippen molar-refractivity contribution in [2.45, 2.75) is 18.0 Å². The van der Waals surface area contributed by atoms with E-state index in [0.717, 1.165) is 6.07 Å². The van der Waals surface area contributed by atoms with Crippen molar-refractivity contribution in [2.24, 2.45) is 0 Å². The van der Waals surface area contributed by atoms with Gasteiger partial charge >= 0.3 is 0 Å².